The largest absolute Gasteiger partial charge is 0.493 e. The molecule has 28 heavy (non-hydrogen) atoms. The van der Waals surface area contributed by atoms with E-state index in [-0.39, 0.29) is 0 Å². The van der Waals surface area contributed by atoms with Crippen LogP contribution in [-0.4, -0.2) is 27.1 Å². The van der Waals surface area contributed by atoms with Gasteiger partial charge in [0.25, 0.3) is 0 Å². The van der Waals surface area contributed by atoms with Gasteiger partial charge in [-0.2, -0.15) is 0 Å². The van der Waals surface area contributed by atoms with Crippen molar-refractivity contribution in [2.75, 3.05) is 12.4 Å². The Hall–Kier alpha value is -2.21. The molecule has 0 unspecified atom stereocenters. The highest BCUT2D eigenvalue weighted by Gasteiger charge is 2.30. The molecule has 5 nitrogen and oxygen atoms in total. The Bertz CT molecular complexity index is 914. The van der Waals surface area contributed by atoms with Crippen molar-refractivity contribution in [1.29, 1.82) is 0 Å². The van der Waals surface area contributed by atoms with Crippen molar-refractivity contribution in [1.82, 2.24) is 14.8 Å². The molecule has 6 heteroatoms. The van der Waals surface area contributed by atoms with Gasteiger partial charge in [-0.3, -0.25) is 4.57 Å². The maximum atomic E-state index is 5.96. The molecule has 0 amide bonds. The highest BCUT2D eigenvalue weighted by molar-refractivity contribution is 7.99. The Morgan fingerprint density at radius 1 is 1.25 bits per heavy atom. The molecule has 0 atom stereocenters. The van der Waals surface area contributed by atoms with Crippen molar-refractivity contribution < 1.29 is 9.15 Å². The number of aromatic nitrogens is 3. The molecule has 1 aliphatic carbocycles. The van der Waals surface area contributed by atoms with E-state index in [1.54, 1.807) is 18.0 Å². The third-order valence-corrected chi connectivity index (χ3v) is 5.96. The van der Waals surface area contributed by atoms with Crippen molar-refractivity contribution in [3.8, 4) is 5.75 Å². The van der Waals surface area contributed by atoms with Crippen LogP contribution in [0, 0.1) is 6.92 Å². The summed E-state index contributed by atoms with van der Waals surface area (Å²) >= 11 is 1.69. The van der Waals surface area contributed by atoms with E-state index >= 15 is 0 Å². The van der Waals surface area contributed by atoms with Crippen LogP contribution >= 0.6 is 11.8 Å². The van der Waals surface area contributed by atoms with E-state index in [2.05, 4.69) is 53.7 Å². The Morgan fingerprint density at radius 3 is 2.79 bits per heavy atom. The van der Waals surface area contributed by atoms with Gasteiger partial charge in [-0.05, 0) is 61.1 Å². The molecule has 1 fully saturated rings. The van der Waals surface area contributed by atoms with Gasteiger partial charge >= 0.3 is 0 Å². The maximum Gasteiger partial charge on any atom is 0.191 e. The number of furan rings is 1. The molecule has 1 saturated carbocycles. The number of ether oxygens (including phenoxy) is 1. The highest BCUT2D eigenvalue weighted by Crippen LogP contribution is 2.40. The summed E-state index contributed by atoms with van der Waals surface area (Å²) in [5.41, 5.74) is 2.66. The molecule has 2 heterocycles. The lowest BCUT2D eigenvalue weighted by atomic mass is 9.98. The summed E-state index contributed by atoms with van der Waals surface area (Å²) in [7, 11) is 0. The van der Waals surface area contributed by atoms with Crippen molar-refractivity contribution in [2.45, 2.75) is 57.1 Å². The molecule has 0 saturated heterocycles. The lowest BCUT2D eigenvalue weighted by Gasteiger charge is -2.12. The number of rotatable bonds is 9. The van der Waals surface area contributed by atoms with E-state index in [4.69, 9.17) is 9.15 Å². The number of benzene rings is 1. The summed E-state index contributed by atoms with van der Waals surface area (Å²) in [6, 6.07) is 10.3. The van der Waals surface area contributed by atoms with Crippen LogP contribution in [0.2, 0.25) is 0 Å². The molecule has 4 rings (SSSR count). The molecule has 0 aliphatic heterocycles. The normalized spacial score (nSPS) is 14.0. The van der Waals surface area contributed by atoms with Crippen LogP contribution in [0.4, 0.5) is 0 Å². The molecule has 3 aromatic rings. The van der Waals surface area contributed by atoms with E-state index in [0.29, 0.717) is 25.0 Å². The minimum Gasteiger partial charge on any atom is -0.493 e. The topological polar surface area (TPSA) is 53.1 Å². The molecule has 0 N–H and O–H groups in total. The van der Waals surface area contributed by atoms with Crippen LogP contribution < -0.4 is 4.74 Å². The SMILES string of the molecule is Cc1cc(OCCSc2nnc(C3CC3)n2Cc2ccco2)ccc1C(C)C. The molecule has 0 radical (unpaired) electrons. The van der Waals surface area contributed by atoms with E-state index in [1.165, 1.54) is 24.0 Å². The summed E-state index contributed by atoms with van der Waals surface area (Å²) in [6.07, 6.45) is 4.12. The fourth-order valence-corrected chi connectivity index (χ4v) is 4.20. The molecule has 0 bridgehead atoms. The van der Waals surface area contributed by atoms with Crippen molar-refractivity contribution >= 4 is 11.8 Å². The number of hydrogen-bond acceptors (Lipinski definition) is 5. The number of aryl methyl sites for hydroxylation is 1. The average molecular weight is 398 g/mol. The number of thioether (sulfide) groups is 1. The first kappa shape index (κ1) is 19.1. The second kappa shape index (κ2) is 8.43. The quantitative estimate of drug-likeness (QED) is 0.357. The standard InChI is InChI=1S/C22H27N3O2S/c1-15(2)20-9-8-18(13-16(20)3)27-11-12-28-22-24-23-21(17-6-7-17)25(22)14-19-5-4-10-26-19/h4-5,8-10,13,15,17H,6-7,11-12,14H2,1-3H3. The van der Waals surface area contributed by atoms with Crippen LogP contribution in [0.15, 0.2) is 46.2 Å². The lowest BCUT2D eigenvalue weighted by Crippen LogP contribution is -2.07. The van der Waals surface area contributed by atoms with Gasteiger partial charge in [0.2, 0.25) is 0 Å². The zero-order valence-corrected chi connectivity index (χ0v) is 17.5. The maximum absolute atomic E-state index is 5.96. The first-order chi connectivity index (χ1) is 13.6. The second-order valence-corrected chi connectivity index (χ2v) is 8.71. The molecular formula is C22H27N3O2S. The third-order valence-electron chi connectivity index (χ3n) is 5.03. The fourth-order valence-electron chi connectivity index (χ4n) is 3.44. The van der Waals surface area contributed by atoms with Crippen molar-refractivity contribution in [3.63, 3.8) is 0 Å². The third kappa shape index (κ3) is 4.43. The van der Waals surface area contributed by atoms with Crippen LogP contribution in [-0.2, 0) is 6.54 Å². The molecule has 1 aliphatic rings. The summed E-state index contributed by atoms with van der Waals surface area (Å²) in [5.74, 6) is 4.85. The van der Waals surface area contributed by atoms with E-state index in [1.807, 2.05) is 12.1 Å². The summed E-state index contributed by atoms with van der Waals surface area (Å²) in [5, 5.41) is 9.81. The van der Waals surface area contributed by atoms with Crippen LogP contribution in [0.1, 0.15) is 61.2 Å². The van der Waals surface area contributed by atoms with Gasteiger partial charge in [-0.1, -0.05) is 31.7 Å². The van der Waals surface area contributed by atoms with Crippen LogP contribution in [0.25, 0.3) is 0 Å². The Kier molecular flexibility index (Phi) is 5.76. The fraction of sp³-hybridized carbons (Fsp3) is 0.455. The lowest BCUT2D eigenvalue weighted by molar-refractivity contribution is 0.343. The molecule has 1 aromatic carbocycles. The zero-order valence-electron chi connectivity index (χ0n) is 16.7. The van der Waals surface area contributed by atoms with Crippen molar-refractivity contribution in [2.24, 2.45) is 0 Å². The summed E-state index contributed by atoms with van der Waals surface area (Å²) in [6.45, 7) is 7.90. The summed E-state index contributed by atoms with van der Waals surface area (Å²) < 4.78 is 13.7. The Balaban J connectivity index is 1.35. The van der Waals surface area contributed by atoms with Gasteiger partial charge in [0.15, 0.2) is 5.16 Å². The predicted octanol–water partition coefficient (Wildman–Crippen LogP) is 5.40. The van der Waals surface area contributed by atoms with Gasteiger partial charge in [-0.25, -0.2) is 0 Å². The highest BCUT2D eigenvalue weighted by atomic mass is 32.2. The van der Waals surface area contributed by atoms with Gasteiger partial charge in [0.05, 0.1) is 19.4 Å². The summed E-state index contributed by atoms with van der Waals surface area (Å²) in [4.78, 5) is 0. The van der Waals surface area contributed by atoms with Crippen LogP contribution in [0.3, 0.4) is 0 Å². The molecule has 148 valence electrons. The smallest absolute Gasteiger partial charge is 0.191 e. The minimum atomic E-state index is 0.533. The number of nitrogens with zero attached hydrogens (tertiary/aromatic N) is 3. The first-order valence-electron chi connectivity index (χ1n) is 9.93. The van der Waals surface area contributed by atoms with Crippen molar-refractivity contribution in [3.05, 3.63) is 59.3 Å². The predicted molar refractivity (Wildman–Crippen MR) is 111 cm³/mol. The molecular weight excluding hydrogens is 370 g/mol. The second-order valence-electron chi connectivity index (χ2n) is 7.65. The van der Waals surface area contributed by atoms with Gasteiger partial charge in [-0.15, -0.1) is 10.2 Å². The first-order valence-corrected chi connectivity index (χ1v) is 10.9. The monoisotopic (exact) mass is 397 g/mol. The van der Waals surface area contributed by atoms with E-state index in [0.717, 1.165) is 28.2 Å². The van der Waals surface area contributed by atoms with Gasteiger partial charge < -0.3 is 9.15 Å². The van der Waals surface area contributed by atoms with Gasteiger partial charge in [0.1, 0.15) is 17.3 Å². The molecule has 0 spiro atoms. The molecule has 2 aromatic heterocycles. The Morgan fingerprint density at radius 2 is 2.11 bits per heavy atom. The van der Waals surface area contributed by atoms with E-state index in [9.17, 15) is 0 Å². The minimum absolute atomic E-state index is 0.533. The average Bonchev–Trinajstić information content (AvgIpc) is 3.23. The number of hydrogen-bond donors (Lipinski definition) is 0. The Labute approximate surface area is 170 Å². The van der Waals surface area contributed by atoms with E-state index < -0.39 is 0 Å². The van der Waals surface area contributed by atoms with Crippen LogP contribution in [0.5, 0.6) is 5.75 Å². The van der Waals surface area contributed by atoms with Gasteiger partial charge in [0, 0.05) is 11.7 Å². The zero-order chi connectivity index (χ0) is 19.5.